The second kappa shape index (κ2) is 11.0. The van der Waals surface area contributed by atoms with Gasteiger partial charge in [-0.1, -0.05) is 57.2 Å². The van der Waals surface area contributed by atoms with Crippen molar-refractivity contribution in [2.24, 2.45) is 0 Å². The molecule has 4 heteroatoms. The second-order valence-corrected chi connectivity index (χ2v) is 15.8. The minimum atomic E-state index is -2.00. The molecular formula is C28H45NO2Si. The van der Waals surface area contributed by atoms with Gasteiger partial charge in [0.2, 0.25) is 8.32 Å². The first kappa shape index (κ1) is 26.6. The Kier molecular flexibility index (Phi) is 9.15. The fourth-order valence-electron chi connectivity index (χ4n) is 4.07. The molecule has 1 atom stereocenters. The first-order valence-electron chi connectivity index (χ1n) is 12.1. The lowest BCUT2D eigenvalue weighted by Crippen LogP contribution is -2.44. The normalized spacial score (nSPS) is 13.8. The van der Waals surface area contributed by atoms with Gasteiger partial charge in [0, 0.05) is 23.6 Å². The predicted molar refractivity (Wildman–Crippen MR) is 140 cm³/mol. The molecule has 0 saturated carbocycles. The molecule has 2 aromatic carbocycles. The van der Waals surface area contributed by atoms with E-state index in [0.717, 1.165) is 24.3 Å². The van der Waals surface area contributed by atoms with Gasteiger partial charge >= 0.3 is 0 Å². The number of aliphatic hydroxyl groups is 1. The molecule has 2 rings (SSSR count). The van der Waals surface area contributed by atoms with Crippen LogP contribution in [0.15, 0.2) is 48.5 Å². The third-order valence-corrected chi connectivity index (χ3v) is 11.4. The topological polar surface area (TPSA) is 32.7 Å². The Balaban J connectivity index is 2.54. The summed E-state index contributed by atoms with van der Waals surface area (Å²) in [5, 5.41) is 10.0. The monoisotopic (exact) mass is 455 g/mol. The van der Waals surface area contributed by atoms with E-state index in [-0.39, 0.29) is 17.6 Å². The second-order valence-electron chi connectivity index (χ2n) is 11.1. The molecule has 0 aliphatic carbocycles. The Labute approximate surface area is 197 Å². The molecule has 0 amide bonds. The quantitative estimate of drug-likeness (QED) is 0.384. The van der Waals surface area contributed by atoms with Crippen LogP contribution in [0.1, 0.15) is 77.5 Å². The number of hydrogen-bond donors (Lipinski definition) is 1. The SMILES string of the molecule is CC(C)N(CCC(c1ccccc1)c1cc(CO)ccc1O[Si](C)(C)C(C)(C)C)C(C)C. The lowest BCUT2D eigenvalue weighted by Gasteiger charge is -2.38. The number of rotatable bonds is 10. The summed E-state index contributed by atoms with van der Waals surface area (Å²) in [6.07, 6.45) is 1.00. The van der Waals surface area contributed by atoms with E-state index in [1.54, 1.807) is 0 Å². The highest BCUT2D eigenvalue weighted by Gasteiger charge is 2.39. The van der Waals surface area contributed by atoms with Crippen LogP contribution >= 0.6 is 0 Å². The van der Waals surface area contributed by atoms with Crippen molar-refractivity contribution in [2.45, 2.75) is 97.6 Å². The van der Waals surface area contributed by atoms with Crippen LogP contribution in [0, 0.1) is 0 Å². The Bertz CT molecular complexity index is 832. The van der Waals surface area contributed by atoms with Gasteiger partial charge in [0.15, 0.2) is 0 Å². The number of hydrogen-bond acceptors (Lipinski definition) is 3. The molecule has 3 nitrogen and oxygen atoms in total. The zero-order chi connectivity index (χ0) is 24.1. The molecule has 1 N–H and O–H groups in total. The Morgan fingerprint density at radius 2 is 1.53 bits per heavy atom. The summed E-state index contributed by atoms with van der Waals surface area (Å²) in [7, 11) is -2.00. The van der Waals surface area contributed by atoms with Crippen molar-refractivity contribution in [2.75, 3.05) is 6.54 Å². The Morgan fingerprint density at radius 1 is 0.938 bits per heavy atom. The molecule has 178 valence electrons. The summed E-state index contributed by atoms with van der Waals surface area (Å²) in [5.74, 6) is 1.19. The molecule has 0 spiro atoms. The predicted octanol–water partition coefficient (Wildman–Crippen LogP) is 7.20. The van der Waals surface area contributed by atoms with Crippen molar-refractivity contribution >= 4 is 8.32 Å². The fraction of sp³-hybridized carbons (Fsp3) is 0.571. The van der Waals surface area contributed by atoms with Gasteiger partial charge in [-0.15, -0.1) is 0 Å². The van der Waals surface area contributed by atoms with Crippen molar-refractivity contribution < 1.29 is 9.53 Å². The van der Waals surface area contributed by atoms with E-state index < -0.39 is 8.32 Å². The summed E-state index contributed by atoms with van der Waals surface area (Å²) < 4.78 is 6.84. The molecule has 32 heavy (non-hydrogen) atoms. The smallest absolute Gasteiger partial charge is 0.250 e. The van der Waals surface area contributed by atoms with Crippen LogP contribution in [0.5, 0.6) is 5.75 Å². The zero-order valence-corrected chi connectivity index (χ0v) is 22.8. The molecule has 0 fully saturated rings. The third kappa shape index (κ3) is 6.69. The van der Waals surface area contributed by atoms with Gasteiger partial charge in [-0.25, -0.2) is 0 Å². The van der Waals surface area contributed by atoms with Gasteiger partial charge in [0.25, 0.3) is 0 Å². The lowest BCUT2D eigenvalue weighted by molar-refractivity contribution is 0.170. The van der Waals surface area contributed by atoms with E-state index >= 15 is 0 Å². The maximum Gasteiger partial charge on any atom is 0.250 e. The van der Waals surface area contributed by atoms with E-state index in [0.29, 0.717) is 12.1 Å². The number of nitrogens with zero attached hydrogens (tertiary/aromatic N) is 1. The molecule has 0 saturated heterocycles. The minimum absolute atomic E-state index is 0.0407. The summed E-state index contributed by atoms with van der Waals surface area (Å²) in [6.45, 7) is 21.6. The fourth-order valence-corrected chi connectivity index (χ4v) is 5.11. The van der Waals surface area contributed by atoms with Gasteiger partial charge in [0.05, 0.1) is 6.61 Å². The third-order valence-electron chi connectivity index (χ3n) is 7.01. The highest BCUT2D eigenvalue weighted by Crippen LogP contribution is 2.41. The lowest BCUT2D eigenvalue weighted by atomic mass is 9.86. The largest absolute Gasteiger partial charge is 0.543 e. The van der Waals surface area contributed by atoms with Crippen molar-refractivity contribution in [1.82, 2.24) is 4.90 Å². The molecule has 0 aromatic heterocycles. The minimum Gasteiger partial charge on any atom is -0.543 e. The summed E-state index contributed by atoms with van der Waals surface area (Å²) in [4.78, 5) is 2.56. The first-order valence-corrected chi connectivity index (χ1v) is 15.0. The van der Waals surface area contributed by atoms with E-state index in [1.165, 1.54) is 11.1 Å². The number of benzene rings is 2. The van der Waals surface area contributed by atoms with Gasteiger partial charge in [-0.05, 0) is 82.1 Å². The van der Waals surface area contributed by atoms with Crippen LogP contribution in [0.3, 0.4) is 0 Å². The first-order chi connectivity index (χ1) is 14.9. The highest BCUT2D eigenvalue weighted by molar-refractivity contribution is 6.74. The molecule has 0 aliphatic rings. The molecule has 2 aromatic rings. The van der Waals surface area contributed by atoms with E-state index in [9.17, 15) is 5.11 Å². The molecule has 1 unspecified atom stereocenters. The van der Waals surface area contributed by atoms with Crippen LogP contribution in [0.4, 0.5) is 0 Å². The van der Waals surface area contributed by atoms with Crippen LogP contribution in [0.25, 0.3) is 0 Å². The van der Waals surface area contributed by atoms with Gasteiger partial charge < -0.3 is 9.53 Å². The van der Waals surface area contributed by atoms with Crippen molar-refractivity contribution in [3.8, 4) is 5.75 Å². The summed E-state index contributed by atoms with van der Waals surface area (Å²) in [6, 6.07) is 18.0. The molecule has 0 radical (unpaired) electrons. The Hall–Kier alpha value is -1.62. The standard InChI is InChI=1S/C28H45NO2Si/c1-21(2)29(22(3)4)18-17-25(24-13-11-10-12-14-24)26-19-23(20-30)15-16-27(26)31-32(8,9)28(5,6)7/h10-16,19,21-22,25,30H,17-18,20H2,1-9H3. The van der Waals surface area contributed by atoms with E-state index in [1.807, 2.05) is 6.07 Å². The number of aliphatic hydroxyl groups excluding tert-OH is 1. The molecular weight excluding hydrogens is 410 g/mol. The van der Waals surface area contributed by atoms with Crippen LogP contribution in [-0.4, -0.2) is 37.0 Å². The van der Waals surface area contributed by atoms with E-state index in [2.05, 4.69) is 109 Å². The Morgan fingerprint density at radius 3 is 2.03 bits per heavy atom. The maximum absolute atomic E-state index is 9.89. The molecule has 0 heterocycles. The summed E-state index contributed by atoms with van der Waals surface area (Å²) in [5.41, 5.74) is 3.43. The van der Waals surface area contributed by atoms with Crippen LogP contribution in [-0.2, 0) is 6.61 Å². The average Bonchev–Trinajstić information content (AvgIpc) is 2.71. The molecule has 0 aliphatic heterocycles. The van der Waals surface area contributed by atoms with Crippen molar-refractivity contribution in [1.29, 1.82) is 0 Å². The molecule has 0 bridgehead atoms. The maximum atomic E-state index is 9.89. The van der Waals surface area contributed by atoms with Crippen LogP contribution < -0.4 is 4.43 Å². The van der Waals surface area contributed by atoms with Crippen molar-refractivity contribution in [3.63, 3.8) is 0 Å². The van der Waals surface area contributed by atoms with Crippen LogP contribution in [0.2, 0.25) is 18.1 Å². The van der Waals surface area contributed by atoms with Gasteiger partial charge in [0.1, 0.15) is 5.75 Å². The van der Waals surface area contributed by atoms with E-state index in [4.69, 9.17) is 4.43 Å². The zero-order valence-electron chi connectivity index (χ0n) is 21.8. The van der Waals surface area contributed by atoms with Gasteiger partial charge in [-0.2, -0.15) is 0 Å². The highest BCUT2D eigenvalue weighted by atomic mass is 28.4. The van der Waals surface area contributed by atoms with Gasteiger partial charge in [-0.3, -0.25) is 4.90 Å². The average molecular weight is 456 g/mol. The van der Waals surface area contributed by atoms with Crippen molar-refractivity contribution in [3.05, 3.63) is 65.2 Å². The summed E-state index contributed by atoms with van der Waals surface area (Å²) >= 11 is 0.